The highest BCUT2D eigenvalue weighted by atomic mass is 32.2. The van der Waals surface area contributed by atoms with E-state index >= 15 is 0 Å². The monoisotopic (exact) mass is 490 g/mol. The van der Waals surface area contributed by atoms with E-state index in [1.54, 1.807) is 19.1 Å². The highest BCUT2D eigenvalue weighted by Gasteiger charge is 2.18. The summed E-state index contributed by atoms with van der Waals surface area (Å²) in [5.74, 6) is -0.395. The number of sulfone groups is 1. The van der Waals surface area contributed by atoms with E-state index in [0.29, 0.717) is 5.13 Å². The van der Waals surface area contributed by atoms with Gasteiger partial charge in [-0.3, -0.25) is 10.1 Å². The Morgan fingerprint density at radius 1 is 0.882 bits per heavy atom. The number of amides is 1. The van der Waals surface area contributed by atoms with Gasteiger partial charge in [0.25, 0.3) is 5.91 Å². The van der Waals surface area contributed by atoms with Crippen LogP contribution in [0.2, 0.25) is 0 Å². The number of thiazole rings is 1. The van der Waals surface area contributed by atoms with Crippen molar-refractivity contribution >= 4 is 32.2 Å². The topological polar surface area (TPSA) is 76.1 Å². The molecule has 0 unspecified atom stereocenters. The van der Waals surface area contributed by atoms with E-state index in [1.165, 1.54) is 23.5 Å². The van der Waals surface area contributed by atoms with Crippen molar-refractivity contribution in [2.24, 2.45) is 0 Å². The summed E-state index contributed by atoms with van der Waals surface area (Å²) in [6.45, 7) is 3.70. The third kappa shape index (κ3) is 5.26. The highest BCUT2D eigenvalue weighted by molar-refractivity contribution is 7.91. The summed E-state index contributed by atoms with van der Waals surface area (Å²) in [6, 6.07) is 24.6. The Hall–Kier alpha value is -3.29. The molecule has 3 aromatic carbocycles. The van der Waals surface area contributed by atoms with Gasteiger partial charge in [0.05, 0.1) is 16.3 Å². The molecule has 0 bridgehead atoms. The molecule has 1 aromatic heterocycles. The normalized spacial score (nSPS) is 11.4. The summed E-state index contributed by atoms with van der Waals surface area (Å²) in [5, 5.41) is 3.35. The second kappa shape index (κ2) is 10.3. The number of aryl methyl sites for hydroxylation is 1. The van der Waals surface area contributed by atoms with Crippen LogP contribution in [0.25, 0.3) is 22.4 Å². The zero-order valence-corrected chi connectivity index (χ0v) is 20.7. The standard InChI is InChI=1S/C27H26N2O3S2/c1-3-9-24-25(21-16-14-20(15-17-21)19-10-6-5-7-11-19)28-27(33-24)29-26(30)22-12-8-13-23(18-22)34(31,32)4-2/h5-8,10-18H,3-4,9H2,1-2H3,(H,28,29,30). The first-order valence-corrected chi connectivity index (χ1v) is 13.7. The minimum Gasteiger partial charge on any atom is -0.298 e. The van der Waals surface area contributed by atoms with Gasteiger partial charge in [-0.05, 0) is 35.7 Å². The van der Waals surface area contributed by atoms with E-state index in [0.717, 1.165) is 40.1 Å². The molecule has 0 aliphatic rings. The minimum absolute atomic E-state index is 0.0165. The van der Waals surface area contributed by atoms with Crippen LogP contribution in [0.4, 0.5) is 5.13 Å². The van der Waals surface area contributed by atoms with Crippen LogP contribution in [0.3, 0.4) is 0 Å². The summed E-state index contributed by atoms with van der Waals surface area (Å²) < 4.78 is 24.4. The quantitative estimate of drug-likeness (QED) is 0.307. The summed E-state index contributed by atoms with van der Waals surface area (Å²) in [7, 11) is -3.39. The number of hydrogen-bond acceptors (Lipinski definition) is 5. The SMILES string of the molecule is CCCc1sc(NC(=O)c2cccc(S(=O)(=O)CC)c2)nc1-c1ccc(-c2ccccc2)cc1. The van der Waals surface area contributed by atoms with Crippen molar-refractivity contribution < 1.29 is 13.2 Å². The molecule has 0 saturated carbocycles. The molecular formula is C27H26N2O3S2. The Labute approximate surface area is 204 Å². The fourth-order valence-corrected chi connectivity index (χ4v) is 5.65. The van der Waals surface area contributed by atoms with Gasteiger partial charge in [-0.2, -0.15) is 0 Å². The van der Waals surface area contributed by atoms with Crippen LogP contribution in [-0.2, 0) is 16.3 Å². The Morgan fingerprint density at radius 3 is 2.24 bits per heavy atom. The summed E-state index contributed by atoms with van der Waals surface area (Å²) in [6.07, 6.45) is 1.81. The first-order valence-electron chi connectivity index (χ1n) is 11.2. The average molecular weight is 491 g/mol. The molecule has 0 atom stereocenters. The van der Waals surface area contributed by atoms with E-state index in [1.807, 2.05) is 18.2 Å². The third-order valence-corrected chi connectivity index (χ3v) is 8.26. The van der Waals surface area contributed by atoms with Gasteiger partial charge in [0.15, 0.2) is 15.0 Å². The number of benzene rings is 3. The van der Waals surface area contributed by atoms with Gasteiger partial charge >= 0.3 is 0 Å². The Kier molecular flexibility index (Phi) is 7.24. The lowest BCUT2D eigenvalue weighted by molar-refractivity contribution is 0.102. The largest absolute Gasteiger partial charge is 0.298 e. The van der Waals surface area contributed by atoms with Crippen LogP contribution in [-0.4, -0.2) is 25.1 Å². The summed E-state index contributed by atoms with van der Waals surface area (Å²) in [4.78, 5) is 18.8. The maximum atomic E-state index is 12.9. The maximum absolute atomic E-state index is 12.9. The molecule has 4 rings (SSSR count). The molecule has 4 aromatic rings. The zero-order chi connectivity index (χ0) is 24.1. The fourth-order valence-electron chi connectivity index (χ4n) is 3.65. The number of nitrogens with one attached hydrogen (secondary N) is 1. The van der Waals surface area contributed by atoms with Crippen LogP contribution >= 0.6 is 11.3 Å². The molecule has 0 aliphatic carbocycles. The molecule has 0 aliphatic heterocycles. The lowest BCUT2D eigenvalue weighted by Gasteiger charge is -2.05. The Bertz CT molecular complexity index is 1390. The summed E-state index contributed by atoms with van der Waals surface area (Å²) in [5.41, 5.74) is 4.43. The molecule has 1 amide bonds. The van der Waals surface area contributed by atoms with E-state index in [-0.39, 0.29) is 22.1 Å². The molecule has 1 N–H and O–H groups in total. The van der Waals surface area contributed by atoms with Gasteiger partial charge in [0.1, 0.15) is 0 Å². The van der Waals surface area contributed by atoms with Crippen LogP contribution in [0.5, 0.6) is 0 Å². The number of nitrogens with zero attached hydrogens (tertiary/aromatic N) is 1. The predicted molar refractivity (Wildman–Crippen MR) is 139 cm³/mol. The number of anilines is 1. The molecule has 1 heterocycles. The van der Waals surface area contributed by atoms with Crippen LogP contribution in [0, 0.1) is 0 Å². The van der Waals surface area contributed by atoms with Gasteiger partial charge in [-0.25, -0.2) is 13.4 Å². The van der Waals surface area contributed by atoms with Gasteiger partial charge in [0.2, 0.25) is 0 Å². The van der Waals surface area contributed by atoms with E-state index in [4.69, 9.17) is 4.98 Å². The molecule has 7 heteroatoms. The molecule has 174 valence electrons. The first-order chi connectivity index (χ1) is 16.4. The lowest BCUT2D eigenvalue weighted by Crippen LogP contribution is -2.13. The molecule has 0 fully saturated rings. The van der Waals surface area contributed by atoms with E-state index in [9.17, 15) is 13.2 Å². The molecule has 5 nitrogen and oxygen atoms in total. The van der Waals surface area contributed by atoms with Crippen molar-refractivity contribution in [2.75, 3.05) is 11.1 Å². The van der Waals surface area contributed by atoms with Gasteiger partial charge < -0.3 is 0 Å². The van der Waals surface area contributed by atoms with Gasteiger partial charge in [-0.15, -0.1) is 11.3 Å². The number of carbonyl (C=O) groups excluding carboxylic acids is 1. The van der Waals surface area contributed by atoms with Gasteiger partial charge in [-0.1, -0.05) is 80.9 Å². The second-order valence-electron chi connectivity index (χ2n) is 7.87. The van der Waals surface area contributed by atoms with Crippen molar-refractivity contribution in [1.82, 2.24) is 4.98 Å². The summed E-state index contributed by atoms with van der Waals surface area (Å²) >= 11 is 1.46. The first kappa shape index (κ1) is 23.9. The number of rotatable bonds is 8. The van der Waals surface area contributed by atoms with Crippen LogP contribution in [0.1, 0.15) is 35.5 Å². The molecule has 34 heavy (non-hydrogen) atoms. The van der Waals surface area contributed by atoms with Crippen molar-refractivity contribution in [2.45, 2.75) is 31.6 Å². The molecule has 0 radical (unpaired) electrons. The number of hydrogen-bond donors (Lipinski definition) is 1. The van der Waals surface area contributed by atoms with Crippen molar-refractivity contribution in [3.05, 3.63) is 89.3 Å². The van der Waals surface area contributed by atoms with E-state index < -0.39 is 9.84 Å². The molecule has 0 spiro atoms. The lowest BCUT2D eigenvalue weighted by atomic mass is 10.0. The maximum Gasteiger partial charge on any atom is 0.257 e. The van der Waals surface area contributed by atoms with Gasteiger partial charge in [0, 0.05) is 16.0 Å². The smallest absolute Gasteiger partial charge is 0.257 e. The van der Waals surface area contributed by atoms with E-state index in [2.05, 4.69) is 48.6 Å². The predicted octanol–water partition coefficient (Wildman–Crippen LogP) is 6.48. The third-order valence-electron chi connectivity index (χ3n) is 5.50. The van der Waals surface area contributed by atoms with Crippen LogP contribution in [0.15, 0.2) is 83.8 Å². The molecule has 0 saturated heterocycles. The van der Waals surface area contributed by atoms with Crippen molar-refractivity contribution in [1.29, 1.82) is 0 Å². The number of carbonyl (C=O) groups is 1. The Morgan fingerprint density at radius 2 is 1.56 bits per heavy atom. The molecular weight excluding hydrogens is 464 g/mol. The van der Waals surface area contributed by atoms with Crippen molar-refractivity contribution in [3.8, 4) is 22.4 Å². The van der Waals surface area contributed by atoms with Crippen LogP contribution < -0.4 is 5.32 Å². The van der Waals surface area contributed by atoms with Crippen molar-refractivity contribution in [3.63, 3.8) is 0 Å². The Balaban J connectivity index is 1.59. The number of aromatic nitrogens is 1. The zero-order valence-electron chi connectivity index (χ0n) is 19.1. The average Bonchev–Trinajstić information content (AvgIpc) is 3.27. The highest BCUT2D eigenvalue weighted by Crippen LogP contribution is 2.33. The fraction of sp³-hybridized carbons (Fsp3) is 0.185. The minimum atomic E-state index is -3.39. The second-order valence-corrected chi connectivity index (χ2v) is 11.2.